The molecule has 0 atom stereocenters. The fourth-order valence-corrected chi connectivity index (χ4v) is 1.76. The molecule has 1 heterocycles. The summed E-state index contributed by atoms with van der Waals surface area (Å²) in [4.78, 5) is 16.0. The highest BCUT2D eigenvalue weighted by Crippen LogP contribution is 2.10. The lowest BCUT2D eigenvalue weighted by atomic mass is 10.1. The molecule has 1 aromatic heterocycles. The highest BCUT2D eigenvalue weighted by atomic mass is 16.3. The molecule has 0 bridgehead atoms. The number of amides is 2. The minimum absolute atomic E-state index is 0.143. The van der Waals surface area contributed by atoms with E-state index in [0.29, 0.717) is 11.4 Å². The van der Waals surface area contributed by atoms with Gasteiger partial charge in [0.25, 0.3) is 0 Å². The first-order chi connectivity index (χ1) is 11.0. The quantitative estimate of drug-likeness (QED) is 0.762. The van der Waals surface area contributed by atoms with Gasteiger partial charge < -0.3 is 15.7 Å². The van der Waals surface area contributed by atoms with E-state index in [-0.39, 0.29) is 12.6 Å². The van der Waals surface area contributed by atoms with Gasteiger partial charge in [0.15, 0.2) is 0 Å². The van der Waals surface area contributed by atoms with Crippen LogP contribution in [0.25, 0.3) is 0 Å². The van der Waals surface area contributed by atoms with Gasteiger partial charge in [0.1, 0.15) is 5.69 Å². The molecule has 118 valence electrons. The number of aromatic nitrogens is 1. The average Bonchev–Trinajstić information content (AvgIpc) is 2.54. The van der Waals surface area contributed by atoms with Crippen molar-refractivity contribution in [3.05, 3.63) is 59.9 Å². The minimum Gasteiger partial charge on any atom is -0.394 e. The van der Waals surface area contributed by atoms with Gasteiger partial charge in [0.2, 0.25) is 0 Å². The molecule has 2 aromatic rings. The molecular weight excluding hydrogens is 290 g/mol. The maximum atomic E-state index is 11.9. The maximum absolute atomic E-state index is 11.9. The van der Waals surface area contributed by atoms with Crippen molar-refractivity contribution in [2.45, 2.75) is 19.4 Å². The van der Waals surface area contributed by atoms with Crippen molar-refractivity contribution in [2.75, 3.05) is 11.9 Å². The highest BCUT2D eigenvalue weighted by molar-refractivity contribution is 5.89. The molecule has 2 amide bonds. The zero-order valence-electron chi connectivity index (χ0n) is 13.1. The standard InChI is InChI=1S/C18H19N3O2/c1-18(2,13-22)21-17(23)20-16-8-5-6-14(12-16)9-10-15-7-3-4-11-19-15/h3-8,11-12,22H,13H2,1-2H3,(H2,20,21,23). The van der Waals surface area contributed by atoms with Gasteiger partial charge in [-0.25, -0.2) is 9.78 Å². The topological polar surface area (TPSA) is 74.2 Å². The molecule has 0 saturated carbocycles. The van der Waals surface area contributed by atoms with Crippen molar-refractivity contribution in [1.82, 2.24) is 10.3 Å². The van der Waals surface area contributed by atoms with Gasteiger partial charge in [-0.1, -0.05) is 18.1 Å². The predicted molar refractivity (Wildman–Crippen MR) is 90.0 cm³/mol. The van der Waals surface area contributed by atoms with E-state index >= 15 is 0 Å². The molecule has 0 aliphatic heterocycles. The van der Waals surface area contributed by atoms with Crippen LogP contribution in [0.4, 0.5) is 10.5 Å². The number of carbonyl (C=O) groups is 1. The second-order valence-electron chi connectivity index (χ2n) is 5.67. The van der Waals surface area contributed by atoms with Crippen LogP contribution in [0.5, 0.6) is 0 Å². The van der Waals surface area contributed by atoms with Gasteiger partial charge in [-0.2, -0.15) is 0 Å². The van der Waals surface area contributed by atoms with E-state index in [1.807, 2.05) is 30.3 Å². The molecule has 1 aromatic carbocycles. The number of nitrogens with zero attached hydrogens (tertiary/aromatic N) is 1. The molecule has 2 rings (SSSR count). The van der Waals surface area contributed by atoms with E-state index < -0.39 is 5.54 Å². The second-order valence-corrected chi connectivity index (χ2v) is 5.67. The summed E-state index contributed by atoms with van der Waals surface area (Å²) < 4.78 is 0. The first-order valence-corrected chi connectivity index (χ1v) is 7.22. The van der Waals surface area contributed by atoms with Crippen molar-refractivity contribution < 1.29 is 9.90 Å². The lowest BCUT2D eigenvalue weighted by molar-refractivity contribution is 0.187. The van der Waals surface area contributed by atoms with Gasteiger partial charge in [0.05, 0.1) is 12.1 Å². The third-order valence-corrected chi connectivity index (χ3v) is 2.97. The third-order valence-electron chi connectivity index (χ3n) is 2.97. The molecule has 5 nitrogen and oxygen atoms in total. The Morgan fingerprint density at radius 2 is 2.04 bits per heavy atom. The predicted octanol–water partition coefficient (Wildman–Crippen LogP) is 2.37. The van der Waals surface area contributed by atoms with E-state index in [4.69, 9.17) is 5.11 Å². The van der Waals surface area contributed by atoms with Crippen molar-refractivity contribution in [3.8, 4) is 11.8 Å². The van der Waals surface area contributed by atoms with E-state index in [1.54, 1.807) is 32.2 Å². The summed E-state index contributed by atoms with van der Waals surface area (Å²) in [6.45, 7) is 3.33. The van der Waals surface area contributed by atoms with Crippen LogP contribution in [-0.2, 0) is 0 Å². The third kappa shape index (κ3) is 5.46. The molecule has 0 saturated heterocycles. The number of benzene rings is 1. The smallest absolute Gasteiger partial charge is 0.319 e. The number of hydrogen-bond donors (Lipinski definition) is 3. The van der Waals surface area contributed by atoms with Gasteiger partial charge in [-0.3, -0.25) is 0 Å². The largest absolute Gasteiger partial charge is 0.394 e. The second kappa shape index (κ2) is 7.43. The summed E-state index contributed by atoms with van der Waals surface area (Å²) in [6.07, 6.45) is 1.69. The van der Waals surface area contributed by atoms with Gasteiger partial charge in [0, 0.05) is 17.4 Å². The molecule has 23 heavy (non-hydrogen) atoms. The Hall–Kier alpha value is -2.84. The molecule has 0 radical (unpaired) electrons. The van der Waals surface area contributed by atoms with Crippen LogP contribution in [0.3, 0.4) is 0 Å². The number of rotatable bonds is 3. The number of anilines is 1. The van der Waals surface area contributed by atoms with Crippen molar-refractivity contribution in [2.24, 2.45) is 0 Å². The summed E-state index contributed by atoms with van der Waals surface area (Å²) in [5, 5.41) is 14.6. The van der Waals surface area contributed by atoms with Crippen LogP contribution in [0.2, 0.25) is 0 Å². The number of urea groups is 1. The van der Waals surface area contributed by atoms with E-state index in [1.165, 1.54) is 0 Å². The maximum Gasteiger partial charge on any atom is 0.319 e. The molecule has 0 aliphatic carbocycles. The van der Waals surface area contributed by atoms with E-state index in [9.17, 15) is 4.79 Å². The molecule has 0 spiro atoms. The Kier molecular flexibility index (Phi) is 5.34. The fraction of sp³-hybridized carbons (Fsp3) is 0.222. The number of carbonyl (C=O) groups excluding carboxylic acids is 1. The van der Waals surface area contributed by atoms with Gasteiger partial charge in [-0.05, 0) is 50.1 Å². The summed E-state index contributed by atoms with van der Waals surface area (Å²) >= 11 is 0. The van der Waals surface area contributed by atoms with E-state index in [2.05, 4.69) is 27.5 Å². The first kappa shape index (κ1) is 16.5. The fourth-order valence-electron chi connectivity index (χ4n) is 1.76. The lowest BCUT2D eigenvalue weighted by Gasteiger charge is -2.23. The van der Waals surface area contributed by atoms with Gasteiger partial charge >= 0.3 is 6.03 Å². The number of pyridine rings is 1. The summed E-state index contributed by atoms with van der Waals surface area (Å²) in [5.74, 6) is 5.98. The molecule has 3 N–H and O–H groups in total. The molecule has 5 heteroatoms. The lowest BCUT2D eigenvalue weighted by Crippen LogP contribution is -2.48. The molecule has 0 unspecified atom stereocenters. The number of aliphatic hydroxyl groups excluding tert-OH is 1. The highest BCUT2D eigenvalue weighted by Gasteiger charge is 2.18. The Balaban J connectivity index is 2.06. The van der Waals surface area contributed by atoms with Crippen molar-refractivity contribution in [3.63, 3.8) is 0 Å². The van der Waals surface area contributed by atoms with Crippen LogP contribution in [0, 0.1) is 11.8 Å². The first-order valence-electron chi connectivity index (χ1n) is 7.22. The van der Waals surface area contributed by atoms with Crippen molar-refractivity contribution in [1.29, 1.82) is 0 Å². The van der Waals surface area contributed by atoms with Crippen LogP contribution < -0.4 is 10.6 Å². The SMILES string of the molecule is CC(C)(CO)NC(=O)Nc1cccc(C#Cc2ccccn2)c1. The van der Waals surface area contributed by atoms with Crippen LogP contribution >= 0.6 is 0 Å². The van der Waals surface area contributed by atoms with Crippen LogP contribution in [0.1, 0.15) is 25.1 Å². The Bertz CT molecular complexity index is 731. The summed E-state index contributed by atoms with van der Waals surface area (Å²) in [6, 6.07) is 12.4. The number of aliphatic hydroxyl groups is 1. The normalized spacial score (nSPS) is 10.4. The van der Waals surface area contributed by atoms with Gasteiger partial charge in [-0.15, -0.1) is 0 Å². The zero-order chi connectivity index (χ0) is 16.7. The van der Waals surface area contributed by atoms with E-state index in [0.717, 1.165) is 5.56 Å². The summed E-state index contributed by atoms with van der Waals surface area (Å²) in [5.41, 5.74) is 1.41. The Morgan fingerprint density at radius 1 is 1.22 bits per heavy atom. The molecule has 0 fully saturated rings. The Labute approximate surface area is 135 Å². The van der Waals surface area contributed by atoms with Crippen LogP contribution in [0.15, 0.2) is 48.7 Å². The summed E-state index contributed by atoms with van der Waals surface area (Å²) in [7, 11) is 0. The minimum atomic E-state index is -0.680. The molecular formula is C18H19N3O2. The van der Waals surface area contributed by atoms with Crippen LogP contribution in [-0.4, -0.2) is 28.3 Å². The number of hydrogen-bond acceptors (Lipinski definition) is 3. The molecule has 0 aliphatic rings. The Morgan fingerprint density at radius 3 is 2.74 bits per heavy atom. The zero-order valence-corrected chi connectivity index (χ0v) is 13.1. The van der Waals surface area contributed by atoms with Crippen molar-refractivity contribution >= 4 is 11.7 Å². The monoisotopic (exact) mass is 309 g/mol. The average molecular weight is 309 g/mol. The number of nitrogens with one attached hydrogen (secondary N) is 2.